The Morgan fingerprint density at radius 2 is 1.97 bits per heavy atom. The first-order valence-electron chi connectivity index (χ1n) is 10.4. The SMILES string of the molecule is COc1ncc(-c2cc(-c3nnc(CN4CCS(=O)CC4)o3)c3c(c2)=NC=3)cc1NS(C)(=O)=O. The summed E-state index contributed by atoms with van der Waals surface area (Å²) in [6.07, 6.45) is 4.40. The topological polar surface area (TPSA) is 140 Å². The number of rotatable bonds is 7. The minimum atomic E-state index is -3.52. The highest BCUT2D eigenvalue weighted by molar-refractivity contribution is 7.92. The van der Waals surface area contributed by atoms with E-state index in [9.17, 15) is 12.6 Å². The summed E-state index contributed by atoms with van der Waals surface area (Å²) in [6.45, 7) is 1.97. The number of aromatic nitrogens is 3. The van der Waals surface area contributed by atoms with Gasteiger partial charge in [0.15, 0.2) is 0 Å². The number of pyridine rings is 1. The van der Waals surface area contributed by atoms with Crippen molar-refractivity contribution in [1.29, 1.82) is 0 Å². The van der Waals surface area contributed by atoms with Gasteiger partial charge in [-0.2, -0.15) is 0 Å². The number of methoxy groups -OCH3 is 1. The second-order valence-electron chi connectivity index (χ2n) is 8.00. The number of hydrogen-bond donors (Lipinski definition) is 1. The average Bonchev–Trinajstić information content (AvgIpc) is 3.23. The first-order chi connectivity index (χ1) is 16.3. The Hall–Kier alpha value is -3.16. The highest BCUT2D eigenvalue weighted by atomic mass is 32.2. The number of nitrogens with one attached hydrogen (secondary N) is 1. The fourth-order valence-electron chi connectivity index (χ4n) is 3.79. The molecular formula is C21H22N6O5S2. The lowest BCUT2D eigenvalue weighted by Crippen LogP contribution is -2.37. The normalized spacial score (nSPS) is 16.2. The van der Waals surface area contributed by atoms with E-state index in [1.54, 1.807) is 18.5 Å². The van der Waals surface area contributed by atoms with Gasteiger partial charge < -0.3 is 9.15 Å². The molecule has 34 heavy (non-hydrogen) atoms. The standard InChI is InChI=1S/C21H22N6O5S2/c1-31-21-18(26-34(2,29)30)9-14(10-23-21)13-7-15(16-11-22-17(16)8-13)20-25-24-19(32-20)12-27-3-5-33(28)6-4-27/h7-11,26H,3-6,12H2,1-2H3. The van der Waals surface area contributed by atoms with Crippen LogP contribution in [0.4, 0.5) is 5.69 Å². The zero-order valence-electron chi connectivity index (χ0n) is 18.5. The Kier molecular flexibility index (Phi) is 5.91. The van der Waals surface area contributed by atoms with Gasteiger partial charge >= 0.3 is 0 Å². The third-order valence-corrected chi connectivity index (χ3v) is 7.36. The predicted octanol–water partition coefficient (Wildman–Crippen LogP) is 0.114. The van der Waals surface area contributed by atoms with Gasteiger partial charge in [0.2, 0.25) is 27.7 Å². The molecule has 178 valence electrons. The second-order valence-corrected chi connectivity index (χ2v) is 11.4. The summed E-state index contributed by atoms with van der Waals surface area (Å²) in [7, 11) is -2.85. The van der Waals surface area contributed by atoms with E-state index in [-0.39, 0.29) is 11.6 Å². The maximum atomic E-state index is 11.8. The van der Waals surface area contributed by atoms with Crippen LogP contribution in [0.3, 0.4) is 0 Å². The highest BCUT2D eigenvalue weighted by Gasteiger charge is 2.20. The smallest absolute Gasteiger partial charge is 0.248 e. The second kappa shape index (κ2) is 8.89. The summed E-state index contributed by atoms with van der Waals surface area (Å²) >= 11 is 0. The molecule has 13 heteroatoms. The van der Waals surface area contributed by atoms with E-state index < -0.39 is 20.8 Å². The van der Waals surface area contributed by atoms with E-state index in [2.05, 4.69) is 29.8 Å². The van der Waals surface area contributed by atoms with E-state index >= 15 is 0 Å². The Bertz CT molecular complexity index is 1510. The minimum absolute atomic E-state index is 0.166. The van der Waals surface area contributed by atoms with Gasteiger partial charge in [0, 0.05) is 58.6 Å². The van der Waals surface area contributed by atoms with E-state index in [1.807, 2.05) is 12.1 Å². The van der Waals surface area contributed by atoms with Gasteiger partial charge in [-0.15, -0.1) is 10.2 Å². The van der Waals surface area contributed by atoms with Gasteiger partial charge in [0.1, 0.15) is 5.69 Å². The molecule has 4 heterocycles. The summed E-state index contributed by atoms with van der Waals surface area (Å²) in [5.41, 5.74) is 2.39. The molecule has 2 aromatic heterocycles. The van der Waals surface area contributed by atoms with Crippen molar-refractivity contribution in [3.8, 4) is 28.5 Å². The number of sulfonamides is 1. The third-order valence-electron chi connectivity index (χ3n) is 5.49. The number of benzene rings is 1. The molecule has 3 aromatic rings. The summed E-state index contributed by atoms with van der Waals surface area (Å²) in [6, 6.07) is 5.43. The van der Waals surface area contributed by atoms with Gasteiger partial charge in [-0.05, 0) is 23.8 Å². The molecule has 0 unspecified atom stereocenters. The maximum Gasteiger partial charge on any atom is 0.248 e. The largest absolute Gasteiger partial charge is 0.480 e. The number of anilines is 1. The van der Waals surface area contributed by atoms with Crippen LogP contribution in [-0.4, -0.2) is 70.7 Å². The first kappa shape index (κ1) is 22.6. The Morgan fingerprint density at radius 1 is 1.18 bits per heavy atom. The van der Waals surface area contributed by atoms with Crippen LogP contribution in [0.25, 0.3) is 28.8 Å². The predicted molar refractivity (Wildman–Crippen MR) is 126 cm³/mol. The lowest BCUT2D eigenvalue weighted by atomic mass is 10.0. The van der Waals surface area contributed by atoms with Crippen LogP contribution in [-0.2, 0) is 27.4 Å². The molecule has 0 amide bonds. The molecule has 2 aliphatic heterocycles. The maximum absolute atomic E-state index is 11.8. The lowest BCUT2D eigenvalue weighted by molar-refractivity contribution is 0.261. The van der Waals surface area contributed by atoms with Gasteiger partial charge in [-0.3, -0.25) is 18.8 Å². The van der Waals surface area contributed by atoms with Crippen LogP contribution in [0.5, 0.6) is 5.88 Å². The van der Waals surface area contributed by atoms with Crippen LogP contribution in [0.2, 0.25) is 0 Å². The van der Waals surface area contributed by atoms with Crippen LogP contribution >= 0.6 is 0 Å². The molecular weight excluding hydrogens is 480 g/mol. The van der Waals surface area contributed by atoms with Gasteiger partial charge in [-0.25, -0.2) is 13.4 Å². The van der Waals surface area contributed by atoms with Crippen LogP contribution in [0, 0.1) is 0 Å². The van der Waals surface area contributed by atoms with Gasteiger partial charge in [0.25, 0.3) is 0 Å². The van der Waals surface area contributed by atoms with Crippen molar-refractivity contribution in [2.24, 2.45) is 4.99 Å². The number of nitrogens with zero attached hydrogens (tertiary/aromatic N) is 5. The molecule has 1 saturated heterocycles. The van der Waals surface area contributed by atoms with Gasteiger partial charge in [0.05, 0.1) is 30.8 Å². The summed E-state index contributed by atoms with van der Waals surface area (Å²) in [5.74, 6) is 2.33. The third kappa shape index (κ3) is 4.72. The van der Waals surface area contributed by atoms with Crippen molar-refractivity contribution in [3.63, 3.8) is 0 Å². The van der Waals surface area contributed by atoms with Crippen LogP contribution < -0.4 is 20.0 Å². The molecule has 0 aliphatic carbocycles. The van der Waals surface area contributed by atoms with Crippen molar-refractivity contribution < 1.29 is 21.8 Å². The Balaban J connectivity index is 1.47. The number of ether oxygens (including phenoxy) is 1. The monoisotopic (exact) mass is 502 g/mol. The molecule has 0 radical (unpaired) electrons. The van der Waals surface area contributed by atoms with E-state index in [0.29, 0.717) is 35.4 Å². The summed E-state index contributed by atoms with van der Waals surface area (Å²) < 4.78 is 48.7. The summed E-state index contributed by atoms with van der Waals surface area (Å²) in [4.78, 5) is 10.7. The molecule has 0 saturated carbocycles. The molecule has 1 aromatic carbocycles. The van der Waals surface area contributed by atoms with Crippen molar-refractivity contribution in [1.82, 2.24) is 20.1 Å². The quantitative estimate of drug-likeness (QED) is 0.477. The fourth-order valence-corrected chi connectivity index (χ4v) is 5.46. The lowest BCUT2D eigenvalue weighted by Gasteiger charge is -2.24. The molecule has 1 N–H and O–H groups in total. The van der Waals surface area contributed by atoms with Crippen LogP contribution in [0.1, 0.15) is 5.89 Å². The Morgan fingerprint density at radius 3 is 2.65 bits per heavy atom. The average molecular weight is 503 g/mol. The van der Waals surface area contributed by atoms with Gasteiger partial charge in [-0.1, -0.05) is 0 Å². The first-order valence-corrected chi connectivity index (χ1v) is 13.8. The molecule has 2 aliphatic rings. The van der Waals surface area contributed by atoms with Crippen molar-refractivity contribution >= 4 is 32.7 Å². The molecule has 5 rings (SSSR count). The number of hydrogen-bond acceptors (Lipinski definition) is 10. The van der Waals surface area contributed by atoms with Crippen molar-refractivity contribution in [2.45, 2.75) is 6.54 Å². The minimum Gasteiger partial charge on any atom is -0.480 e. The molecule has 0 atom stereocenters. The van der Waals surface area contributed by atoms with Crippen LogP contribution in [0.15, 0.2) is 33.8 Å². The zero-order chi connectivity index (χ0) is 23.9. The Labute approximate surface area is 198 Å². The molecule has 1 fully saturated rings. The van der Waals surface area contributed by atoms with E-state index in [0.717, 1.165) is 41.0 Å². The van der Waals surface area contributed by atoms with E-state index in [1.165, 1.54) is 7.11 Å². The van der Waals surface area contributed by atoms with E-state index in [4.69, 9.17) is 9.15 Å². The van der Waals surface area contributed by atoms with Crippen molar-refractivity contribution in [2.75, 3.05) is 42.7 Å². The molecule has 0 spiro atoms. The number of fused-ring (bicyclic) bond motifs is 1. The highest BCUT2D eigenvalue weighted by Crippen LogP contribution is 2.30. The molecule has 11 nitrogen and oxygen atoms in total. The molecule has 0 bridgehead atoms. The van der Waals surface area contributed by atoms with Crippen molar-refractivity contribution in [3.05, 3.63) is 40.9 Å². The summed E-state index contributed by atoms with van der Waals surface area (Å²) in [5, 5.41) is 10.1. The fraction of sp³-hybridized carbons (Fsp3) is 0.333. The zero-order valence-corrected chi connectivity index (χ0v) is 20.1.